The summed E-state index contributed by atoms with van der Waals surface area (Å²) in [4.78, 5) is 15.4. The van der Waals surface area contributed by atoms with Gasteiger partial charge in [-0.15, -0.1) is 0 Å². The molecule has 0 aliphatic rings. The number of aromatic nitrogens is 1. The minimum absolute atomic E-state index is 0.325. The number of nitrogen functional groups attached to an aromatic ring is 1. The zero-order valence-electron chi connectivity index (χ0n) is 8.35. The van der Waals surface area contributed by atoms with Crippen molar-refractivity contribution in [2.75, 3.05) is 12.8 Å². The number of hydrogen-bond donors (Lipinski definition) is 1. The molecule has 0 aliphatic carbocycles. The lowest BCUT2D eigenvalue weighted by Crippen LogP contribution is -2.01. The molecule has 1 aromatic heterocycles. The van der Waals surface area contributed by atoms with Crippen LogP contribution in [-0.4, -0.2) is 18.1 Å². The Kier molecular flexibility index (Phi) is 2.46. The molecule has 1 aromatic carbocycles. The number of nitriles is 1. The number of esters is 1. The van der Waals surface area contributed by atoms with Crippen LogP contribution >= 0.6 is 11.3 Å². The summed E-state index contributed by atoms with van der Waals surface area (Å²) >= 11 is 1.23. The number of nitrogens with two attached hydrogens (primary N) is 1. The lowest BCUT2D eigenvalue weighted by molar-refractivity contribution is 0.0601. The Hall–Kier alpha value is -2.13. The van der Waals surface area contributed by atoms with Gasteiger partial charge in [0.2, 0.25) is 0 Å². The van der Waals surface area contributed by atoms with E-state index >= 15 is 0 Å². The second-order valence-electron chi connectivity index (χ2n) is 3.03. The summed E-state index contributed by atoms with van der Waals surface area (Å²) in [6.45, 7) is 0. The molecule has 0 atom stereocenters. The third-order valence-electron chi connectivity index (χ3n) is 2.05. The van der Waals surface area contributed by atoms with Gasteiger partial charge in [0.05, 0.1) is 22.9 Å². The first-order valence-corrected chi connectivity index (χ1v) is 5.16. The second-order valence-corrected chi connectivity index (χ2v) is 4.09. The monoisotopic (exact) mass is 233 g/mol. The Labute approximate surface area is 95.1 Å². The van der Waals surface area contributed by atoms with Gasteiger partial charge in [-0.05, 0) is 12.1 Å². The Bertz CT molecular complexity index is 612. The van der Waals surface area contributed by atoms with Crippen LogP contribution in [0, 0.1) is 11.3 Å². The Morgan fingerprint density at radius 3 is 3.00 bits per heavy atom. The molecule has 16 heavy (non-hydrogen) atoms. The van der Waals surface area contributed by atoms with Crippen molar-refractivity contribution in [2.45, 2.75) is 0 Å². The number of methoxy groups -OCH3 is 1. The maximum absolute atomic E-state index is 11.4. The van der Waals surface area contributed by atoms with Crippen LogP contribution in [0.25, 0.3) is 10.2 Å². The average Bonchev–Trinajstić information content (AvgIpc) is 2.66. The van der Waals surface area contributed by atoms with Crippen molar-refractivity contribution in [1.29, 1.82) is 5.26 Å². The summed E-state index contributed by atoms with van der Waals surface area (Å²) in [6, 6.07) is 5.06. The smallest absolute Gasteiger partial charge is 0.337 e. The molecule has 5 nitrogen and oxygen atoms in total. The second kappa shape index (κ2) is 3.79. The van der Waals surface area contributed by atoms with E-state index in [9.17, 15) is 4.79 Å². The van der Waals surface area contributed by atoms with Crippen LogP contribution in [0.2, 0.25) is 0 Å². The van der Waals surface area contributed by atoms with Crippen molar-refractivity contribution in [3.63, 3.8) is 0 Å². The third kappa shape index (κ3) is 1.57. The predicted molar refractivity (Wildman–Crippen MR) is 60.1 cm³/mol. The van der Waals surface area contributed by atoms with Crippen LogP contribution < -0.4 is 5.73 Å². The first-order chi connectivity index (χ1) is 7.65. The van der Waals surface area contributed by atoms with Gasteiger partial charge in [0.15, 0.2) is 5.13 Å². The van der Waals surface area contributed by atoms with Gasteiger partial charge in [-0.2, -0.15) is 5.26 Å². The highest BCUT2D eigenvalue weighted by Crippen LogP contribution is 2.27. The molecule has 0 bridgehead atoms. The standard InChI is InChI=1S/C10H7N3O2S/c1-15-9(14)5-2-6(4-11)8-7(3-5)16-10(12)13-8/h2-3H,1H3,(H2,12,13). The largest absolute Gasteiger partial charge is 0.465 e. The zero-order chi connectivity index (χ0) is 11.7. The fourth-order valence-electron chi connectivity index (χ4n) is 1.37. The lowest BCUT2D eigenvalue weighted by Gasteiger charge is -1.99. The average molecular weight is 233 g/mol. The van der Waals surface area contributed by atoms with E-state index in [0.717, 1.165) is 0 Å². The predicted octanol–water partition coefficient (Wildman–Crippen LogP) is 1.54. The molecular weight excluding hydrogens is 226 g/mol. The van der Waals surface area contributed by atoms with Crippen LogP contribution in [0.5, 0.6) is 0 Å². The molecule has 0 aliphatic heterocycles. The highest BCUT2D eigenvalue weighted by atomic mass is 32.1. The number of ether oxygens (including phenoxy) is 1. The van der Waals surface area contributed by atoms with Gasteiger partial charge in [0.25, 0.3) is 0 Å². The van der Waals surface area contributed by atoms with E-state index in [1.54, 1.807) is 6.07 Å². The molecule has 0 saturated carbocycles. The van der Waals surface area contributed by atoms with Crippen molar-refractivity contribution in [2.24, 2.45) is 0 Å². The van der Waals surface area contributed by atoms with E-state index in [2.05, 4.69) is 9.72 Å². The van der Waals surface area contributed by atoms with Crippen molar-refractivity contribution in [1.82, 2.24) is 4.98 Å². The normalized spacial score (nSPS) is 10.0. The zero-order valence-corrected chi connectivity index (χ0v) is 9.17. The van der Waals surface area contributed by atoms with Crippen LogP contribution in [-0.2, 0) is 4.74 Å². The van der Waals surface area contributed by atoms with Gasteiger partial charge in [-0.25, -0.2) is 9.78 Å². The maximum Gasteiger partial charge on any atom is 0.337 e. The molecule has 0 fully saturated rings. The van der Waals surface area contributed by atoms with Crippen LogP contribution in [0.1, 0.15) is 15.9 Å². The fraction of sp³-hybridized carbons (Fsp3) is 0.100. The van der Waals surface area contributed by atoms with Crippen molar-refractivity contribution < 1.29 is 9.53 Å². The van der Waals surface area contributed by atoms with E-state index in [4.69, 9.17) is 11.0 Å². The highest BCUT2D eigenvalue weighted by Gasteiger charge is 2.13. The minimum Gasteiger partial charge on any atom is -0.465 e. The molecule has 0 saturated heterocycles. The number of hydrogen-bond acceptors (Lipinski definition) is 6. The van der Waals surface area contributed by atoms with Gasteiger partial charge < -0.3 is 10.5 Å². The number of carbonyl (C=O) groups excluding carboxylic acids is 1. The van der Waals surface area contributed by atoms with Crippen LogP contribution in [0.15, 0.2) is 12.1 Å². The SMILES string of the molecule is COC(=O)c1cc(C#N)c2nc(N)sc2c1. The molecule has 0 amide bonds. The molecule has 0 radical (unpaired) electrons. The van der Waals surface area contributed by atoms with Gasteiger partial charge in [-0.3, -0.25) is 0 Å². The summed E-state index contributed by atoms with van der Waals surface area (Å²) < 4.78 is 5.30. The topological polar surface area (TPSA) is 89.0 Å². The van der Waals surface area contributed by atoms with Gasteiger partial charge in [0, 0.05) is 0 Å². The third-order valence-corrected chi connectivity index (χ3v) is 2.88. The summed E-state index contributed by atoms with van der Waals surface area (Å²) in [6.07, 6.45) is 0. The quantitative estimate of drug-likeness (QED) is 0.754. The number of fused-ring (bicyclic) bond motifs is 1. The van der Waals surface area contributed by atoms with Crippen molar-refractivity contribution >= 4 is 32.7 Å². The fourth-order valence-corrected chi connectivity index (χ4v) is 2.17. The number of rotatable bonds is 1. The minimum atomic E-state index is -0.481. The van der Waals surface area contributed by atoms with E-state index in [1.807, 2.05) is 6.07 Å². The maximum atomic E-state index is 11.4. The molecule has 2 aromatic rings. The summed E-state index contributed by atoms with van der Waals surface area (Å²) in [7, 11) is 1.29. The van der Waals surface area contributed by atoms with Crippen LogP contribution in [0.3, 0.4) is 0 Å². The van der Waals surface area contributed by atoms with Crippen LogP contribution in [0.4, 0.5) is 5.13 Å². The molecular formula is C10H7N3O2S. The summed E-state index contributed by atoms with van der Waals surface area (Å²) in [5.41, 5.74) is 6.73. The van der Waals surface area contributed by atoms with Gasteiger partial charge in [0.1, 0.15) is 11.6 Å². The molecule has 2 N–H and O–H groups in total. The number of benzene rings is 1. The number of nitrogens with zero attached hydrogens (tertiary/aromatic N) is 2. The van der Waals surface area contributed by atoms with E-state index < -0.39 is 5.97 Å². The number of carbonyl (C=O) groups is 1. The molecule has 1 heterocycles. The molecule has 0 unspecified atom stereocenters. The number of anilines is 1. The lowest BCUT2D eigenvalue weighted by atomic mass is 10.1. The van der Waals surface area contributed by atoms with E-state index in [1.165, 1.54) is 24.5 Å². The van der Waals surface area contributed by atoms with Gasteiger partial charge >= 0.3 is 5.97 Å². The Balaban J connectivity index is 2.73. The first-order valence-electron chi connectivity index (χ1n) is 4.34. The summed E-state index contributed by atoms with van der Waals surface area (Å²) in [5.74, 6) is -0.481. The van der Waals surface area contributed by atoms with Crippen molar-refractivity contribution in [3.8, 4) is 6.07 Å². The number of thiazole rings is 1. The molecule has 6 heteroatoms. The van der Waals surface area contributed by atoms with Gasteiger partial charge in [-0.1, -0.05) is 11.3 Å². The Morgan fingerprint density at radius 2 is 2.38 bits per heavy atom. The molecule has 2 rings (SSSR count). The van der Waals surface area contributed by atoms with E-state index in [0.29, 0.717) is 26.5 Å². The highest BCUT2D eigenvalue weighted by molar-refractivity contribution is 7.22. The first kappa shape index (κ1) is 10.4. The Morgan fingerprint density at radius 1 is 1.62 bits per heavy atom. The summed E-state index contributed by atoms with van der Waals surface area (Å²) in [5, 5.41) is 9.31. The molecule has 0 spiro atoms. The van der Waals surface area contributed by atoms with E-state index in [-0.39, 0.29) is 0 Å². The van der Waals surface area contributed by atoms with Crippen molar-refractivity contribution in [3.05, 3.63) is 23.3 Å². The molecule has 80 valence electrons.